The Labute approximate surface area is 103 Å². The van der Waals surface area contributed by atoms with Crippen molar-refractivity contribution in [3.05, 3.63) is 34.3 Å². The van der Waals surface area contributed by atoms with Gasteiger partial charge in [0, 0.05) is 17.3 Å². The molecular formula is C12H13BrO3. The number of benzene rings is 1. The summed E-state index contributed by atoms with van der Waals surface area (Å²) in [5, 5.41) is 0. The molecule has 0 spiro atoms. The van der Waals surface area contributed by atoms with E-state index in [2.05, 4.69) is 15.9 Å². The maximum atomic E-state index is 11.8. The fourth-order valence-corrected chi connectivity index (χ4v) is 2.08. The second-order valence-corrected chi connectivity index (χ2v) is 4.55. The Balaban J connectivity index is 2.00. The number of halogens is 1. The van der Waals surface area contributed by atoms with E-state index in [0.29, 0.717) is 18.8 Å². The molecule has 3 nitrogen and oxygen atoms in total. The van der Waals surface area contributed by atoms with Crippen molar-refractivity contribution >= 4 is 21.9 Å². The van der Waals surface area contributed by atoms with Crippen LogP contribution in [0.2, 0.25) is 0 Å². The van der Waals surface area contributed by atoms with Crippen LogP contribution in [0.3, 0.4) is 0 Å². The molecule has 0 N–H and O–H groups in total. The van der Waals surface area contributed by atoms with Crippen molar-refractivity contribution in [2.75, 3.05) is 13.2 Å². The van der Waals surface area contributed by atoms with E-state index in [0.717, 1.165) is 17.3 Å². The molecule has 1 heterocycles. The summed E-state index contributed by atoms with van der Waals surface area (Å²) in [4.78, 5) is 11.8. The van der Waals surface area contributed by atoms with Crippen LogP contribution in [0.4, 0.5) is 0 Å². The molecule has 1 aliphatic heterocycles. The normalized spacial score (nSPS) is 17.1. The maximum absolute atomic E-state index is 11.8. The number of ether oxygens (including phenoxy) is 2. The Morgan fingerprint density at radius 2 is 2.00 bits per heavy atom. The van der Waals surface area contributed by atoms with Gasteiger partial charge in [0.25, 0.3) is 0 Å². The highest BCUT2D eigenvalue weighted by Crippen LogP contribution is 2.19. The zero-order chi connectivity index (χ0) is 11.4. The van der Waals surface area contributed by atoms with Crippen LogP contribution in [0, 0.1) is 0 Å². The average Bonchev–Trinajstić information content (AvgIpc) is 2.31. The van der Waals surface area contributed by atoms with Gasteiger partial charge in [0.2, 0.25) is 0 Å². The summed E-state index contributed by atoms with van der Waals surface area (Å²) in [6, 6.07) is 7.28. The van der Waals surface area contributed by atoms with Crippen molar-refractivity contribution in [1.82, 2.24) is 0 Å². The minimum Gasteiger partial charge on any atom is -0.459 e. The van der Waals surface area contributed by atoms with Gasteiger partial charge < -0.3 is 9.47 Å². The molecule has 0 bridgehead atoms. The lowest BCUT2D eigenvalue weighted by molar-refractivity contribution is -0.0159. The molecule has 1 aromatic carbocycles. The predicted molar refractivity (Wildman–Crippen MR) is 63.4 cm³/mol. The zero-order valence-corrected chi connectivity index (χ0v) is 10.4. The first kappa shape index (κ1) is 11.6. The molecule has 0 unspecified atom stereocenters. The van der Waals surface area contributed by atoms with E-state index in [1.807, 2.05) is 18.2 Å². The highest BCUT2D eigenvalue weighted by atomic mass is 79.9. The van der Waals surface area contributed by atoms with Crippen LogP contribution in [0.5, 0.6) is 0 Å². The first-order chi connectivity index (χ1) is 7.77. The molecule has 1 aliphatic rings. The lowest BCUT2D eigenvalue weighted by Gasteiger charge is -2.22. The Bertz CT molecular complexity index is 372. The lowest BCUT2D eigenvalue weighted by atomic mass is 10.1. The van der Waals surface area contributed by atoms with E-state index < -0.39 is 0 Å². The number of hydrogen-bond donors (Lipinski definition) is 0. The van der Waals surface area contributed by atoms with Crippen molar-refractivity contribution in [2.45, 2.75) is 18.9 Å². The van der Waals surface area contributed by atoms with Crippen molar-refractivity contribution in [2.24, 2.45) is 0 Å². The molecule has 86 valence electrons. The average molecular weight is 285 g/mol. The number of hydrogen-bond acceptors (Lipinski definition) is 3. The second-order valence-electron chi connectivity index (χ2n) is 3.70. The summed E-state index contributed by atoms with van der Waals surface area (Å²) in [7, 11) is 0. The summed E-state index contributed by atoms with van der Waals surface area (Å²) in [5.74, 6) is -0.264. The topological polar surface area (TPSA) is 35.5 Å². The molecule has 1 saturated heterocycles. The second kappa shape index (κ2) is 5.46. The summed E-state index contributed by atoms with van der Waals surface area (Å²) >= 11 is 3.34. The third-order valence-corrected chi connectivity index (χ3v) is 3.23. The molecular weight excluding hydrogens is 272 g/mol. The van der Waals surface area contributed by atoms with Gasteiger partial charge in [0.1, 0.15) is 6.10 Å². The smallest absolute Gasteiger partial charge is 0.339 e. The van der Waals surface area contributed by atoms with Gasteiger partial charge >= 0.3 is 5.97 Å². The van der Waals surface area contributed by atoms with E-state index >= 15 is 0 Å². The Morgan fingerprint density at radius 3 is 2.69 bits per heavy atom. The highest BCUT2D eigenvalue weighted by Gasteiger charge is 2.20. The van der Waals surface area contributed by atoms with Gasteiger partial charge in [-0.2, -0.15) is 0 Å². The monoisotopic (exact) mass is 284 g/mol. The van der Waals surface area contributed by atoms with Crippen molar-refractivity contribution in [1.29, 1.82) is 0 Å². The molecule has 0 saturated carbocycles. The van der Waals surface area contributed by atoms with Crippen molar-refractivity contribution in [3.8, 4) is 0 Å². The van der Waals surface area contributed by atoms with Gasteiger partial charge in [-0.1, -0.05) is 12.1 Å². The van der Waals surface area contributed by atoms with E-state index in [4.69, 9.17) is 9.47 Å². The van der Waals surface area contributed by atoms with Gasteiger partial charge in [0.15, 0.2) is 0 Å². The molecule has 0 aliphatic carbocycles. The number of carbonyl (C=O) groups is 1. The Morgan fingerprint density at radius 1 is 1.31 bits per heavy atom. The number of esters is 1. The van der Waals surface area contributed by atoms with Crippen LogP contribution in [0.25, 0.3) is 0 Å². The summed E-state index contributed by atoms with van der Waals surface area (Å²) in [6.45, 7) is 1.35. The highest BCUT2D eigenvalue weighted by molar-refractivity contribution is 9.10. The van der Waals surface area contributed by atoms with Crippen LogP contribution in [-0.2, 0) is 9.47 Å². The fourth-order valence-electron chi connectivity index (χ4n) is 1.64. The van der Waals surface area contributed by atoms with E-state index in [1.165, 1.54) is 0 Å². The molecule has 4 heteroatoms. The lowest BCUT2D eigenvalue weighted by Crippen LogP contribution is -2.26. The number of carbonyl (C=O) groups excluding carboxylic acids is 1. The SMILES string of the molecule is O=C(OC1CCOCC1)c1ccccc1Br. The van der Waals surface area contributed by atoms with Crippen LogP contribution in [-0.4, -0.2) is 25.3 Å². The van der Waals surface area contributed by atoms with Crippen molar-refractivity contribution < 1.29 is 14.3 Å². The zero-order valence-electron chi connectivity index (χ0n) is 8.82. The largest absolute Gasteiger partial charge is 0.459 e. The fraction of sp³-hybridized carbons (Fsp3) is 0.417. The van der Waals surface area contributed by atoms with Gasteiger partial charge in [-0.3, -0.25) is 0 Å². The van der Waals surface area contributed by atoms with Crippen LogP contribution < -0.4 is 0 Å². The number of rotatable bonds is 2. The minimum atomic E-state index is -0.264. The molecule has 0 aromatic heterocycles. The molecule has 1 aromatic rings. The summed E-state index contributed by atoms with van der Waals surface area (Å²) in [5.41, 5.74) is 0.578. The van der Waals surface area contributed by atoms with Crippen LogP contribution in [0.15, 0.2) is 28.7 Å². The third kappa shape index (κ3) is 2.83. The van der Waals surface area contributed by atoms with E-state index in [9.17, 15) is 4.79 Å². The standard InChI is InChI=1S/C12H13BrO3/c13-11-4-2-1-3-10(11)12(14)16-9-5-7-15-8-6-9/h1-4,9H,5-8H2. The molecule has 16 heavy (non-hydrogen) atoms. The summed E-state index contributed by atoms with van der Waals surface area (Å²) in [6.07, 6.45) is 1.57. The Hall–Kier alpha value is -0.870. The molecule has 2 rings (SSSR count). The Kier molecular flexibility index (Phi) is 3.96. The van der Waals surface area contributed by atoms with E-state index in [-0.39, 0.29) is 12.1 Å². The first-order valence-electron chi connectivity index (χ1n) is 5.30. The van der Waals surface area contributed by atoms with Crippen LogP contribution in [0.1, 0.15) is 23.2 Å². The molecule has 1 fully saturated rings. The third-order valence-electron chi connectivity index (χ3n) is 2.54. The molecule has 0 atom stereocenters. The quantitative estimate of drug-likeness (QED) is 0.784. The van der Waals surface area contributed by atoms with Gasteiger partial charge in [-0.05, 0) is 28.1 Å². The van der Waals surface area contributed by atoms with Crippen LogP contribution >= 0.6 is 15.9 Å². The van der Waals surface area contributed by atoms with Gasteiger partial charge in [-0.25, -0.2) is 4.79 Å². The first-order valence-corrected chi connectivity index (χ1v) is 6.10. The summed E-state index contributed by atoms with van der Waals surface area (Å²) < 4.78 is 11.4. The molecule has 0 amide bonds. The molecule has 0 radical (unpaired) electrons. The van der Waals surface area contributed by atoms with E-state index in [1.54, 1.807) is 6.07 Å². The van der Waals surface area contributed by atoms with Gasteiger partial charge in [0.05, 0.1) is 18.8 Å². The minimum absolute atomic E-state index is 0.00615. The predicted octanol–water partition coefficient (Wildman–Crippen LogP) is 2.78. The van der Waals surface area contributed by atoms with Gasteiger partial charge in [-0.15, -0.1) is 0 Å². The van der Waals surface area contributed by atoms with Crippen molar-refractivity contribution in [3.63, 3.8) is 0 Å². The maximum Gasteiger partial charge on any atom is 0.339 e.